The molecule has 0 bridgehead atoms. The van der Waals surface area contributed by atoms with Crippen LogP contribution in [0.5, 0.6) is 0 Å². The molecule has 0 aliphatic heterocycles. The van der Waals surface area contributed by atoms with Crippen LogP contribution in [0.25, 0.3) is 0 Å². The zero-order chi connectivity index (χ0) is 13.0. The molecule has 3 nitrogen and oxygen atoms in total. The summed E-state index contributed by atoms with van der Waals surface area (Å²) in [7, 11) is 0. The second-order valence-electron chi connectivity index (χ2n) is 3.70. The Morgan fingerprint density at radius 2 is 2.00 bits per heavy atom. The number of nitrogens with one attached hydrogen (secondary N) is 1. The highest BCUT2D eigenvalue weighted by atomic mass is 79.9. The quantitative estimate of drug-likeness (QED) is 0.947. The molecule has 0 fully saturated rings. The minimum absolute atomic E-state index is 0.288. The zero-order valence-corrected chi connectivity index (χ0v) is 10.9. The van der Waals surface area contributed by atoms with Gasteiger partial charge in [0.05, 0.1) is 0 Å². The molecule has 2 rings (SSSR count). The number of hydrogen-bond acceptors (Lipinski definition) is 2. The minimum Gasteiger partial charge on any atom is -0.348 e. The van der Waals surface area contributed by atoms with Gasteiger partial charge in [0, 0.05) is 29.0 Å². The number of halogens is 2. The molecule has 0 spiro atoms. The third-order valence-corrected chi connectivity index (χ3v) is 2.79. The van der Waals surface area contributed by atoms with E-state index in [-0.39, 0.29) is 11.5 Å². The van der Waals surface area contributed by atoms with Gasteiger partial charge in [0.25, 0.3) is 5.91 Å². The predicted molar refractivity (Wildman–Crippen MR) is 69.5 cm³/mol. The maximum Gasteiger partial charge on any atom is 0.251 e. The first-order chi connectivity index (χ1) is 8.65. The lowest BCUT2D eigenvalue weighted by molar-refractivity contribution is 0.0950. The summed E-state index contributed by atoms with van der Waals surface area (Å²) in [5, 5.41) is 2.72. The lowest BCUT2D eigenvalue weighted by Gasteiger charge is -2.05. The van der Waals surface area contributed by atoms with Crippen LogP contribution in [0.2, 0.25) is 0 Å². The Morgan fingerprint density at radius 3 is 2.67 bits per heavy atom. The van der Waals surface area contributed by atoms with E-state index in [4.69, 9.17) is 0 Å². The number of aromatic nitrogens is 1. The molecule has 1 aromatic heterocycles. The summed E-state index contributed by atoms with van der Waals surface area (Å²) in [5.74, 6) is -0.759. The molecule has 1 N–H and O–H groups in total. The van der Waals surface area contributed by atoms with Gasteiger partial charge in [-0.3, -0.25) is 9.78 Å². The SMILES string of the molecule is O=C(NCc1ccncc1)c1cc(F)cc(Br)c1. The molecular weight excluding hydrogens is 299 g/mol. The topological polar surface area (TPSA) is 42.0 Å². The highest BCUT2D eigenvalue weighted by molar-refractivity contribution is 9.10. The molecule has 92 valence electrons. The Labute approximate surface area is 112 Å². The summed E-state index contributed by atoms with van der Waals surface area (Å²) in [5.41, 5.74) is 1.23. The van der Waals surface area contributed by atoms with Crippen LogP contribution >= 0.6 is 15.9 Å². The van der Waals surface area contributed by atoms with E-state index < -0.39 is 5.82 Å². The van der Waals surface area contributed by atoms with Crippen LogP contribution < -0.4 is 5.32 Å². The average molecular weight is 309 g/mol. The fourth-order valence-electron chi connectivity index (χ4n) is 1.47. The lowest BCUT2D eigenvalue weighted by atomic mass is 10.2. The van der Waals surface area contributed by atoms with Gasteiger partial charge in [0.15, 0.2) is 0 Å². The van der Waals surface area contributed by atoms with E-state index in [9.17, 15) is 9.18 Å². The summed E-state index contributed by atoms with van der Waals surface area (Å²) < 4.78 is 13.7. The number of benzene rings is 1. The summed E-state index contributed by atoms with van der Waals surface area (Å²) in [6.07, 6.45) is 3.31. The smallest absolute Gasteiger partial charge is 0.251 e. The van der Waals surface area contributed by atoms with E-state index in [0.29, 0.717) is 11.0 Å². The molecular formula is C13H10BrFN2O. The molecule has 0 aliphatic rings. The largest absolute Gasteiger partial charge is 0.348 e. The van der Waals surface area contributed by atoms with Gasteiger partial charge in [-0.2, -0.15) is 0 Å². The van der Waals surface area contributed by atoms with Crippen LogP contribution in [0.15, 0.2) is 47.2 Å². The van der Waals surface area contributed by atoms with Crippen LogP contribution in [0, 0.1) is 5.82 Å². The third-order valence-electron chi connectivity index (χ3n) is 2.33. The van der Waals surface area contributed by atoms with Gasteiger partial charge in [0.2, 0.25) is 0 Å². The molecule has 0 unspecified atom stereocenters. The van der Waals surface area contributed by atoms with Crippen molar-refractivity contribution in [3.63, 3.8) is 0 Å². The van der Waals surface area contributed by atoms with E-state index >= 15 is 0 Å². The predicted octanol–water partition coefficient (Wildman–Crippen LogP) is 2.91. The molecule has 1 aromatic carbocycles. The number of carbonyl (C=O) groups is 1. The van der Waals surface area contributed by atoms with E-state index in [1.54, 1.807) is 18.5 Å². The maximum atomic E-state index is 13.1. The van der Waals surface area contributed by atoms with Gasteiger partial charge < -0.3 is 5.32 Å². The molecule has 5 heteroatoms. The van der Waals surface area contributed by atoms with Crippen LogP contribution in [-0.2, 0) is 6.54 Å². The standard InChI is InChI=1S/C13H10BrFN2O/c14-11-5-10(6-12(15)7-11)13(18)17-8-9-1-3-16-4-2-9/h1-7H,8H2,(H,17,18). The minimum atomic E-state index is -0.446. The average Bonchev–Trinajstić information content (AvgIpc) is 2.36. The van der Waals surface area contributed by atoms with Gasteiger partial charge in [-0.25, -0.2) is 4.39 Å². The van der Waals surface area contributed by atoms with E-state index in [1.807, 2.05) is 12.1 Å². The van der Waals surface area contributed by atoms with Crippen molar-refractivity contribution in [3.8, 4) is 0 Å². The number of amides is 1. The normalized spacial score (nSPS) is 10.1. The highest BCUT2D eigenvalue weighted by Crippen LogP contribution is 2.14. The third kappa shape index (κ3) is 3.37. The van der Waals surface area contributed by atoms with E-state index in [1.165, 1.54) is 12.1 Å². The summed E-state index contributed by atoms with van der Waals surface area (Å²) in [6.45, 7) is 0.384. The number of rotatable bonds is 3. The Morgan fingerprint density at radius 1 is 1.28 bits per heavy atom. The molecule has 1 heterocycles. The first-order valence-corrected chi connectivity index (χ1v) is 6.07. The van der Waals surface area contributed by atoms with Crippen molar-refractivity contribution in [2.24, 2.45) is 0 Å². The lowest BCUT2D eigenvalue weighted by Crippen LogP contribution is -2.22. The second kappa shape index (κ2) is 5.73. The molecule has 0 saturated carbocycles. The Balaban J connectivity index is 2.04. The van der Waals surface area contributed by atoms with Crippen molar-refractivity contribution in [1.82, 2.24) is 10.3 Å². The van der Waals surface area contributed by atoms with Gasteiger partial charge in [0.1, 0.15) is 5.82 Å². The van der Waals surface area contributed by atoms with Crippen molar-refractivity contribution < 1.29 is 9.18 Å². The fraction of sp³-hybridized carbons (Fsp3) is 0.0769. The molecule has 18 heavy (non-hydrogen) atoms. The van der Waals surface area contributed by atoms with Crippen molar-refractivity contribution in [2.45, 2.75) is 6.54 Å². The first kappa shape index (κ1) is 12.7. The monoisotopic (exact) mass is 308 g/mol. The Hall–Kier alpha value is -1.75. The summed E-state index contributed by atoms with van der Waals surface area (Å²) in [4.78, 5) is 15.7. The number of hydrogen-bond donors (Lipinski definition) is 1. The van der Waals surface area contributed by atoms with Crippen LogP contribution in [0.3, 0.4) is 0 Å². The Kier molecular flexibility index (Phi) is 4.04. The van der Waals surface area contributed by atoms with Crippen LogP contribution in [0.4, 0.5) is 4.39 Å². The van der Waals surface area contributed by atoms with Gasteiger partial charge >= 0.3 is 0 Å². The second-order valence-corrected chi connectivity index (χ2v) is 4.61. The van der Waals surface area contributed by atoms with E-state index in [2.05, 4.69) is 26.2 Å². The van der Waals surface area contributed by atoms with Gasteiger partial charge in [-0.05, 0) is 35.9 Å². The fourth-order valence-corrected chi connectivity index (χ4v) is 1.94. The van der Waals surface area contributed by atoms with Crippen molar-refractivity contribution in [3.05, 3.63) is 64.1 Å². The van der Waals surface area contributed by atoms with Crippen LogP contribution in [-0.4, -0.2) is 10.9 Å². The molecule has 0 radical (unpaired) electrons. The van der Waals surface area contributed by atoms with Crippen molar-refractivity contribution in [2.75, 3.05) is 0 Å². The molecule has 0 aliphatic carbocycles. The van der Waals surface area contributed by atoms with Crippen molar-refractivity contribution in [1.29, 1.82) is 0 Å². The number of pyridine rings is 1. The summed E-state index contributed by atoms with van der Waals surface area (Å²) >= 11 is 3.15. The Bertz CT molecular complexity index is 540. The number of nitrogens with zero attached hydrogens (tertiary/aromatic N) is 1. The highest BCUT2D eigenvalue weighted by Gasteiger charge is 2.07. The van der Waals surface area contributed by atoms with Crippen molar-refractivity contribution >= 4 is 21.8 Å². The van der Waals surface area contributed by atoms with Gasteiger partial charge in [-0.15, -0.1) is 0 Å². The van der Waals surface area contributed by atoms with Gasteiger partial charge in [-0.1, -0.05) is 15.9 Å². The number of carbonyl (C=O) groups excluding carboxylic acids is 1. The maximum absolute atomic E-state index is 13.1. The molecule has 1 amide bonds. The molecule has 0 atom stereocenters. The molecule has 0 saturated heterocycles. The summed E-state index contributed by atoms with van der Waals surface area (Å²) in [6, 6.07) is 7.70. The molecule has 2 aromatic rings. The first-order valence-electron chi connectivity index (χ1n) is 5.28. The zero-order valence-electron chi connectivity index (χ0n) is 9.36. The van der Waals surface area contributed by atoms with Crippen LogP contribution in [0.1, 0.15) is 15.9 Å². The van der Waals surface area contributed by atoms with E-state index in [0.717, 1.165) is 5.56 Å².